The van der Waals surface area contributed by atoms with E-state index in [1.165, 1.54) is 0 Å². The number of hydrogen-bond acceptors (Lipinski definition) is 1. The molecule has 0 aliphatic carbocycles. The number of aryl methyl sites for hydroxylation is 1. The molecule has 7 heavy (non-hydrogen) atoms. The number of hydrogen-bond donors (Lipinski definition) is 1. The molecule has 38 valence electrons. The molecule has 0 aliphatic rings. The van der Waals surface area contributed by atoms with Gasteiger partial charge in [0.25, 0.3) is 0 Å². The Morgan fingerprint density at radius 3 is 2.71 bits per heavy atom. The van der Waals surface area contributed by atoms with E-state index in [4.69, 9.17) is 11.6 Å². The van der Waals surface area contributed by atoms with Crippen LogP contribution in [0.25, 0.3) is 0 Å². The van der Waals surface area contributed by atoms with Gasteiger partial charge >= 0.3 is 0 Å². The van der Waals surface area contributed by atoms with Gasteiger partial charge in [-0.15, -0.1) is 0 Å². The molecule has 1 N–H and O–H groups in total. The van der Waals surface area contributed by atoms with E-state index in [2.05, 4.69) is 9.97 Å². The van der Waals surface area contributed by atoms with Gasteiger partial charge in [0.1, 0.15) is 11.0 Å². The zero-order valence-electron chi connectivity index (χ0n) is 3.90. The lowest BCUT2D eigenvalue weighted by atomic mass is 10.8. The zero-order chi connectivity index (χ0) is 5.28. The van der Waals surface area contributed by atoms with Crippen LogP contribution in [0.2, 0.25) is 5.15 Å². The van der Waals surface area contributed by atoms with Gasteiger partial charge in [0.05, 0.1) is 6.20 Å². The van der Waals surface area contributed by atoms with E-state index in [-0.39, 0.29) is 0 Å². The summed E-state index contributed by atoms with van der Waals surface area (Å²) in [4.78, 5) is 6.62. The fraction of sp³-hybridized carbons (Fsp3) is 0.250. The molecule has 1 aromatic rings. The molecular formula is C4H5ClN2. The number of nitrogens with one attached hydrogen (secondary N) is 1. The van der Waals surface area contributed by atoms with E-state index in [0.717, 1.165) is 5.82 Å². The molecule has 0 saturated heterocycles. The van der Waals surface area contributed by atoms with Crippen LogP contribution in [0.1, 0.15) is 5.82 Å². The summed E-state index contributed by atoms with van der Waals surface area (Å²) in [6.45, 7) is 1.85. The van der Waals surface area contributed by atoms with Crippen molar-refractivity contribution < 1.29 is 0 Å². The molecule has 0 saturated carbocycles. The zero-order valence-corrected chi connectivity index (χ0v) is 4.66. The lowest BCUT2D eigenvalue weighted by Gasteiger charge is -1.72. The number of halogens is 1. The Kier molecular flexibility index (Phi) is 1.02. The highest BCUT2D eigenvalue weighted by Crippen LogP contribution is 2.00. The average Bonchev–Trinajstić information content (AvgIpc) is 1.87. The molecule has 0 bridgehead atoms. The number of imidazole rings is 1. The highest BCUT2D eigenvalue weighted by atomic mass is 35.5. The maximum Gasteiger partial charge on any atom is 0.126 e. The van der Waals surface area contributed by atoms with E-state index in [9.17, 15) is 0 Å². The van der Waals surface area contributed by atoms with Crippen LogP contribution >= 0.6 is 11.6 Å². The normalized spacial score (nSPS) is 9.43. The Hall–Kier alpha value is -0.500. The minimum absolute atomic E-state index is 0.595. The van der Waals surface area contributed by atoms with Crippen molar-refractivity contribution in [3.05, 3.63) is 17.2 Å². The molecule has 1 heterocycles. The van der Waals surface area contributed by atoms with E-state index in [0.29, 0.717) is 5.15 Å². The molecule has 0 spiro atoms. The summed E-state index contributed by atoms with van der Waals surface area (Å²) in [5, 5.41) is 0.595. The second kappa shape index (κ2) is 1.54. The number of H-pyrrole nitrogens is 1. The quantitative estimate of drug-likeness (QED) is 0.545. The highest BCUT2D eigenvalue weighted by Gasteiger charge is 1.86. The minimum Gasteiger partial charge on any atom is -0.333 e. The predicted molar refractivity (Wildman–Crippen MR) is 28.3 cm³/mol. The summed E-state index contributed by atoms with van der Waals surface area (Å²) in [7, 11) is 0. The van der Waals surface area contributed by atoms with Gasteiger partial charge in [-0.3, -0.25) is 0 Å². The van der Waals surface area contributed by atoms with Gasteiger partial charge in [0.15, 0.2) is 0 Å². The predicted octanol–water partition coefficient (Wildman–Crippen LogP) is 1.37. The van der Waals surface area contributed by atoms with Crippen molar-refractivity contribution in [2.75, 3.05) is 0 Å². The molecule has 1 aromatic heterocycles. The molecule has 2 nitrogen and oxygen atoms in total. The number of rotatable bonds is 0. The largest absolute Gasteiger partial charge is 0.333 e. The van der Waals surface area contributed by atoms with Gasteiger partial charge in [-0.05, 0) is 6.92 Å². The SMILES string of the molecule is Cc1ncc(Cl)[nH]1. The number of nitrogens with zero attached hydrogens (tertiary/aromatic N) is 1. The molecule has 0 unspecified atom stereocenters. The first-order valence-corrected chi connectivity index (χ1v) is 2.34. The standard InChI is InChI=1S/C4H5ClN2/c1-3-6-2-4(5)7-3/h2H,1H3,(H,6,7). The fourth-order valence-electron chi connectivity index (χ4n) is 0.391. The summed E-state index contributed by atoms with van der Waals surface area (Å²) in [5.41, 5.74) is 0. The van der Waals surface area contributed by atoms with Crippen LogP contribution in [0, 0.1) is 6.92 Å². The molecule has 0 fully saturated rings. The lowest BCUT2D eigenvalue weighted by Crippen LogP contribution is -1.67. The molecule has 0 aliphatic heterocycles. The van der Waals surface area contributed by atoms with Crippen molar-refractivity contribution in [1.82, 2.24) is 9.97 Å². The van der Waals surface area contributed by atoms with Crippen molar-refractivity contribution in [2.24, 2.45) is 0 Å². The van der Waals surface area contributed by atoms with Crippen molar-refractivity contribution in [1.29, 1.82) is 0 Å². The highest BCUT2D eigenvalue weighted by molar-refractivity contribution is 6.29. The summed E-state index contributed by atoms with van der Waals surface area (Å²) in [5.74, 6) is 0.852. The second-order valence-electron chi connectivity index (χ2n) is 1.32. The average molecular weight is 117 g/mol. The maximum atomic E-state index is 5.44. The van der Waals surface area contributed by atoms with Gasteiger partial charge in [0.2, 0.25) is 0 Å². The molecule has 0 aromatic carbocycles. The minimum atomic E-state index is 0.595. The van der Waals surface area contributed by atoms with Crippen molar-refractivity contribution in [3.63, 3.8) is 0 Å². The molecule has 0 atom stereocenters. The van der Waals surface area contributed by atoms with Crippen molar-refractivity contribution >= 4 is 11.6 Å². The third-order valence-electron chi connectivity index (χ3n) is 0.672. The van der Waals surface area contributed by atoms with Crippen LogP contribution < -0.4 is 0 Å². The van der Waals surface area contributed by atoms with Crippen LogP contribution in [0.4, 0.5) is 0 Å². The van der Waals surface area contributed by atoms with E-state index < -0.39 is 0 Å². The Balaban J connectivity index is 3.04. The van der Waals surface area contributed by atoms with E-state index in [1.807, 2.05) is 6.92 Å². The Labute approximate surface area is 46.5 Å². The van der Waals surface area contributed by atoms with Crippen LogP contribution in [0.3, 0.4) is 0 Å². The van der Waals surface area contributed by atoms with Crippen LogP contribution in [-0.4, -0.2) is 9.97 Å². The first kappa shape index (κ1) is 4.65. The summed E-state index contributed by atoms with van der Waals surface area (Å²) < 4.78 is 0. The van der Waals surface area contributed by atoms with Gasteiger partial charge < -0.3 is 4.98 Å². The van der Waals surface area contributed by atoms with Gasteiger partial charge in [0, 0.05) is 0 Å². The molecule has 3 heteroatoms. The van der Waals surface area contributed by atoms with Gasteiger partial charge in [-0.25, -0.2) is 4.98 Å². The van der Waals surface area contributed by atoms with Crippen molar-refractivity contribution in [2.45, 2.75) is 6.92 Å². The van der Waals surface area contributed by atoms with Gasteiger partial charge in [-0.1, -0.05) is 11.6 Å². The Morgan fingerprint density at radius 1 is 1.86 bits per heavy atom. The van der Waals surface area contributed by atoms with Crippen molar-refractivity contribution in [3.8, 4) is 0 Å². The smallest absolute Gasteiger partial charge is 0.126 e. The molecular weight excluding hydrogens is 112 g/mol. The first-order valence-electron chi connectivity index (χ1n) is 1.96. The number of aromatic amines is 1. The maximum absolute atomic E-state index is 5.44. The van der Waals surface area contributed by atoms with Crippen LogP contribution in [-0.2, 0) is 0 Å². The van der Waals surface area contributed by atoms with Crippen LogP contribution in [0.15, 0.2) is 6.20 Å². The van der Waals surface area contributed by atoms with E-state index in [1.54, 1.807) is 6.20 Å². The Bertz CT molecular complexity index is 142. The third kappa shape index (κ3) is 0.933. The summed E-state index contributed by atoms with van der Waals surface area (Å²) >= 11 is 5.44. The van der Waals surface area contributed by atoms with Crippen LogP contribution in [0.5, 0.6) is 0 Å². The molecule has 0 radical (unpaired) electrons. The monoisotopic (exact) mass is 116 g/mol. The second-order valence-corrected chi connectivity index (χ2v) is 1.72. The Morgan fingerprint density at radius 2 is 2.57 bits per heavy atom. The lowest BCUT2D eigenvalue weighted by molar-refractivity contribution is 1.15. The van der Waals surface area contributed by atoms with E-state index >= 15 is 0 Å². The first-order chi connectivity index (χ1) is 3.29. The number of aromatic nitrogens is 2. The fourth-order valence-corrected chi connectivity index (χ4v) is 0.576. The molecule has 1 rings (SSSR count). The van der Waals surface area contributed by atoms with Gasteiger partial charge in [-0.2, -0.15) is 0 Å². The topological polar surface area (TPSA) is 28.7 Å². The summed E-state index contributed by atoms with van der Waals surface area (Å²) in [6.07, 6.45) is 1.58. The summed E-state index contributed by atoms with van der Waals surface area (Å²) in [6, 6.07) is 0. The third-order valence-corrected chi connectivity index (χ3v) is 0.864. The molecule has 0 amide bonds.